The Morgan fingerprint density at radius 1 is 1.33 bits per heavy atom. The van der Waals surface area contributed by atoms with Gasteiger partial charge in [0.25, 0.3) is 0 Å². The molecular formula is C14H23N3O. The molecule has 0 bridgehead atoms. The minimum Gasteiger partial charge on any atom is -0.481 e. The summed E-state index contributed by atoms with van der Waals surface area (Å²) in [6.07, 6.45) is 6.46. The van der Waals surface area contributed by atoms with Crippen LogP contribution >= 0.6 is 0 Å². The minimum absolute atomic E-state index is 0.575. The maximum Gasteiger partial charge on any atom is 0.215 e. The van der Waals surface area contributed by atoms with E-state index in [9.17, 15) is 0 Å². The number of pyridine rings is 1. The molecule has 0 spiro atoms. The third kappa shape index (κ3) is 2.68. The Bertz CT molecular complexity index is 389. The number of aromatic nitrogens is 1. The number of methoxy groups -OCH3 is 1. The van der Waals surface area contributed by atoms with Crippen molar-refractivity contribution in [1.82, 2.24) is 4.98 Å². The number of anilines is 2. The molecule has 1 saturated carbocycles. The first-order chi connectivity index (χ1) is 8.76. The Morgan fingerprint density at radius 3 is 2.67 bits per heavy atom. The van der Waals surface area contributed by atoms with Crippen molar-refractivity contribution in [3.63, 3.8) is 0 Å². The van der Waals surface area contributed by atoms with Crippen LogP contribution in [-0.2, 0) is 0 Å². The Labute approximate surface area is 109 Å². The van der Waals surface area contributed by atoms with Crippen molar-refractivity contribution < 1.29 is 4.74 Å². The standard InChI is InChI=1S/C14H23N3O/c1-3-17(11-7-5-4-6-8-11)14-12(15)9-10-13(16-14)18-2/h9-11H,3-8,15H2,1-2H3. The summed E-state index contributed by atoms with van der Waals surface area (Å²) in [4.78, 5) is 6.85. The fourth-order valence-electron chi connectivity index (χ4n) is 2.76. The third-order valence-electron chi connectivity index (χ3n) is 3.72. The smallest absolute Gasteiger partial charge is 0.215 e. The molecule has 0 atom stereocenters. The van der Waals surface area contributed by atoms with E-state index >= 15 is 0 Å². The molecule has 0 radical (unpaired) electrons. The highest BCUT2D eigenvalue weighted by atomic mass is 16.5. The van der Waals surface area contributed by atoms with E-state index in [1.165, 1.54) is 32.1 Å². The second-order valence-corrected chi connectivity index (χ2v) is 4.84. The molecule has 0 aliphatic heterocycles. The topological polar surface area (TPSA) is 51.4 Å². The second kappa shape index (κ2) is 5.94. The third-order valence-corrected chi connectivity index (χ3v) is 3.72. The van der Waals surface area contributed by atoms with Gasteiger partial charge in [-0.1, -0.05) is 19.3 Å². The Hall–Kier alpha value is -1.45. The summed E-state index contributed by atoms with van der Waals surface area (Å²) in [7, 11) is 1.64. The number of nitrogen functional groups attached to an aromatic ring is 1. The van der Waals surface area contributed by atoms with E-state index in [1.807, 2.05) is 12.1 Å². The average molecular weight is 249 g/mol. The van der Waals surface area contributed by atoms with E-state index in [4.69, 9.17) is 10.5 Å². The fourth-order valence-corrected chi connectivity index (χ4v) is 2.76. The van der Waals surface area contributed by atoms with Crippen molar-refractivity contribution in [3.05, 3.63) is 12.1 Å². The summed E-state index contributed by atoms with van der Waals surface area (Å²) in [5.74, 6) is 1.51. The van der Waals surface area contributed by atoms with Crippen molar-refractivity contribution in [1.29, 1.82) is 0 Å². The van der Waals surface area contributed by atoms with Crippen LogP contribution in [0.15, 0.2) is 12.1 Å². The summed E-state index contributed by atoms with van der Waals surface area (Å²) in [6, 6.07) is 4.27. The molecule has 1 aliphatic rings. The number of hydrogen-bond acceptors (Lipinski definition) is 4. The van der Waals surface area contributed by atoms with Gasteiger partial charge in [0.2, 0.25) is 5.88 Å². The summed E-state index contributed by atoms with van der Waals surface area (Å²) in [6.45, 7) is 3.10. The maximum atomic E-state index is 6.07. The highest BCUT2D eigenvalue weighted by Gasteiger charge is 2.22. The van der Waals surface area contributed by atoms with Crippen molar-refractivity contribution in [2.45, 2.75) is 45.1 Å². The van der Waals surface area contributed by atoms with Crippen molar-refractivity contribution in [2.75, 3.05) is 24.3 Å². The van der Waals surface area contributed by atoms with Crippen molar-refractivity contribution in [3.8, 4) is 5.88 Å². The predicted molar refractivity (Wildman–Crippen MR) is 75.1 cm³/mol. The van der Waals surface area contributed by atoms with Gasteiger partial charge in [-0.2, -0.15) is 4.98 Å². The van der Waals surface area contributed by atoms with E-state index < -0.39 is 0 Å². The summed E-state index contributed by atoms with van der Waals surface area (Å²) in [5, 5.41) is 0. The Kier molecular flexibility index (Phi) is 4.28. The molecule has 2 N–H and O–H groups in total. The van der Waals surface area contributed by atoms with Crippen molar-refractivity contribution in [2.24, 2.45) is 0 Å². The molecule has 0 aromatic carbocycles. The minimum atomic E-state index is 0.575. The van der Waals surface area contributed by atoms with Gasteiger partial charge in [0.05, 0.1) is 12.8 Å². The van der Waals surface area contributed by atoms with Gasteiger partial charge in [-0.3, -0.25) is 0 Å². The molecule has 1 fully saturated rings. The van der Waals surface area contributed by atoms with Crippen LogP contribution in [0.3, 0.4) is 0 Å². The normalized spacial score (nSPS) is 16.6. The highest BCUT2D eigenvalue weighted by Crippen LogP contribution is 2.30. The van der Waals surface area contributed by atoms with Gasteiger partial charge in [0.1, 0.15) is 0 Å². The molecular weight excluding hydrogens is 226 g/mol. The van der Waals surface area contributed by atoms with E-state index in [0.717, 1.165) is 18.1 Å². The lowest BCUT2D eigenvalue weighted by Gasteiger charge is -2.35. The average Bonchev–Trinajstić information content (AvgIpc) is 2.43. The van der Waals surface area contributed by atoms with Crippen LogP contribution in [0.5, 0.6) is 5.88 Å². The van der Waals surface area contributed by atoms with Crippen LogP contribution < -0.4 is 15.4 Å². The maximum absolute atomic E-state index is 6.07. The zero-order valence-electron chi connectivity index (χ0n) is 11.4. The number of hydrogen-bond donors (Lipinski definition) is 1. The molecule has 4 heteroatoms. The lowest BCUT2D eigenvalue weighted by molar-refractivity contribution is 0.393. The molecule has 2 rings (SSSR count). The lowest BCUT2D eigenvalue weighted by Crippen LogP contribution is -2.37. The fraction of sp³-hybridized carbons (Fsp3) is 0.643. The van der Waals surface area contributed by atoms with Gasteiger partial charge in [0.15, 0.2) is 5.82 Å². The number of ether oxygens (including phenoxy) is 1. The van der Waals surface area contributed by atoms with Crippen LogP contribution in [0.25, 0.3) is 0 Å². The first kappa shape index (κ1) is 13.0. The first-order valence-electron chi connectivity index (χ1n) is 6.83. The molecule has 0 amide bonds. The molecule has 1 heterocycles. The molecule has 4 nitrogen and oxygen atoms in total. The van der Waals surface area contributed by atoms with E-state index in [2.05, 4.69) is 16.8 Å². The Morgan fingerprint density at radius 2 is 2.06 bits per heavy atom. The van der Waals surface area contributed by atoms with E-state index in [-0.39, 0.29) is 0 Å². The molecule has 0 unspecified atom stereocenters. The predicted octanol–water partition coefficient (Wildman–Crippen LogP) is 2.83. The molecule has 18 heavy (non-hydrogen) atoms. The van der Waals surface area contributed by atoms with Gasteiger partial charge in [-0.15, -0.1) is 0 Å². The van der Waals surface area contributed by atoms with Crippen LogP contribution in [0, 0.1) is 0 Å². The zero-order valence-corrected chi connectivity index (χ0v) is 11.4. The summed E-state index contributed by atoms with van der Waals surface area (Å²) < 4.78 is 5.20. The van der Waals surface area contributed by atoms with Crippen LogP contribution in [0.4, 0.5) is 11.5 Å². The van der Waals surface area contributed by atoms with Crippen LogP contribution in [-0.4, -0.2) is 24.7 Å². The number of rotatable bonds is 4. The molecule has 0 saturated heterocycles. The van der Waals surface area contributed by atoms with Gasteiger partial charge < -0.3 is 15.4 Å². The van der Waals surface area contributed by atoms with Gasteiger partial charge >= 0.3 is 0 Å². The molecule has 1 aromatic heterocycles. The Balaban J connectivity index is 2.25. The first-order valence-corrected chi connectivity index (χ1v) is 6.83. The quantitative estimate of drug-likeness (QED) is 0.891. The summed E-state index contributed by atoms with van der Waals surface area (Å²) in [5.41, 5.74) is 6.81. The summed E-state index contributed by atoms with van der Waals surface area (Å²) >= 11 is 0. The van der Waals surface area contributed by atoms with Crippen molar-refractivity contribution >= 4 is 11.5 Å². The molecule has 1 aromatic rings. The largest absolute Gasteiger partial charge is 0.481 e. The van der Waals surface area contributed by atoms with Crippen LogP contribution in [0.2, 0.25) is 0 Å². The van der Waals surface area contributed by atoms with E-state index in [0.29, 0.717) is 11.9 Å². The number of nitrogens with two attached hydrogens (primary N) is 1. The van der Waals surface area contributed by atoms with Crippen LogP contribution in [0.1, 0.15) is 39.0 Å². The van der Waals surface area contributed by atoms with Gasteiger partial charge in [-0.05, 0) is 25.8 Å². The van der Waals surface area contributed by atoms with Gasteiger partial charge in [-0.25, -0.2) is 0 Å². The zero-order chi connectivity index (χ0) is 13.0. The molecule has 100 valence electrons. The number of nitrogens with zero attached hydrogens (tertiary/aromatic N) is 2. The monoisotopic (exact) mass is 249 g/mol. The van der Waals surface area contributed by atoms with E-state index in [1.54, 1.807) is 7.11 Å². The SMILES string of the molecule is CCN(c1nc(OC)ccc1N)C1CCCCC1. The second-order valence-electron chi connectivity index (χ2n) is 4.84. The van der Waals surface area contributed by atoms with Gasteiger partial charge in [0, 0.05) is 18.7 Å². The highest BCUT2D eigenvalue weighted by molar-refractivity contribution is 5.64. The lowest BCUT2D eigenvalue weighted by atomic mass is 9.94. The molecule has 1 aliphatic carbocycles.